The van der Waals surface area contributed by atoms with Crippen molar-refractivity contribution < 1.29 is 17.5 Å². The Hall–Kier alpha value is -1.02. The van der Waals surface area contributed by atoms with Crippen LogP contribution in [0.25, 0.3) is 0 Å². The van der Waals surface area contributed by atoms with Gasteiger partial charge in [0, 0.05) is 6.54 Å². The van der Waals surface area contributed by atoms with Gasteiger partial charge in [-0.1, -0.05) is 6.07 Å². The van der Waals surface area contributed by atoms with E-state index in [4.69, 9.17) is 4.74 Å². The Morgan fingerprint density at radius 3 is 2.76 bits per heavy atom. The maximum absolute atomic E-state index is 13.4. The van der Waals surface area contributed by atoms with E-state index >= 15 is 0 Å². The van der Waals surface area contributed by atoms with Gasteiger partial charge in [-0.25, -0.2) is 17.5 Å². The van der Waals surface area contributed by atoms with Crippen molar-refractivity contribution in [3.63, 3.8) is 0 Å². The average Bonchev–Trinajstić information content (AvgIpc) is 2.47. The highest BCUT2D eigenvalue weighted by molar-refractivity contribution is 7.89. The van der Waals surface area contributed by atoms with Crippen LogP contribution in [-0.2, 0) is 14.8 Å². The molecule has 5 nitrogen and oxygen atoms in total. The lowest BCUT2D eigenvalue weighted by molar-refractivity contribution is 0.0367. The third-order valence-corrected chi connectivity index (χ3v) is 4.95. The first kappa shape index (κ1) is 16.4. The lowest BCUT2D eigenvalue weighted by atomic mass is 10.1. The first-order valence-electron chi connectivity index (χ1n) is 7.07. The molecule has 1 fully saturated rings. The van der Waals surface area contributed by atoms with E-state index < -0.39 is 15.8 Å². The quantitative estimate of drug-likeness (QED) is 0.774. The Kier molecular flexibility index (Phi) is 5.69. The monoisotopic (exact) mass is 316 g/mol. The molecule has 1 aliphatic rings. The molecule has 2 N–H and O–H groups in total. The number of benzene rings is 1. The summed E-state index contributed by atoms with van der Waals surface area (Å²) in [6.07, 6.45) is 2.07. The Morgan fingerprint density at radius 1 is 1.38 bits per heavy atom. The molecule has 0 radical (unpaired) electrons. The van der Waals surface area contributed by atoms with E-state index in [1.165, 1.54) is 12.1 Å². The van der Waals surface area contributed by atoms with Crippen LogP contribution in [0.5, 0.6) is 0 Å². The molecule has 1 heterocycles. The summed E-state index contributed by atoms with van der Waals surface area (Å²) in [5, 5.41) is 3.23. The smallest absolute Gasteiger partial charge is 0.240 e. The molecule has 1 aromatic carbocycles. The molecule has 0 atom stereocenters. The SMILES string of the molecule is Cc1ccc(S(=O)(=O)NCCOC2CCNCC2)cc1F. The molecule has 21 heavy (non-hydrogen) atoms. The first-order chi connectivity index (χ1) is 9.99. The predicted molar refractivity (Wildman–Crippen MR) is 78.2 cm³/mol. The maximum atomic E-state index is 13.4. The number of aryl methyl sites for hydroxylation is 1. The van der Waals surface area contributed by atoms with E-state index in [9.17, 15) is 12.8 Å². The highest BCUT2D eigenvalue weighted by atomic mass is 32.2. The molecule has 1 aliphatic heterocycles. The van der Waals surface area contributed by atoms with E-state index in [1.807, 2.05) is 0 Å². The zero-order chi connectivity index (χ0) is 15.3. The van der Waals surface area contributed by atoms with Crippen LogP contribution < -0.4 is 10.0 Å². The van der Waals surface area contributed by atoms with Crippen LogP contribution in [0.4, 0.5) is 4.39 Å². The maximum Gasteiger partial charge on any atom is 0.240 e. The van der Waals surface area contributed by atoms with Crippen molar-refractivity contribution in [3.8, 4) is 0 Å². The summed E-state index contributed by atoms with van der Waals surface area (Å²) in [6, 6.07) is 3.88. The molecule has 7 heteroatoms. The second kappa shape index (κ2) is 7.31. The van der Waals surface area contributed by atoms with Gasteiger partial charge >= 0.3 is 0 Å². The molecule has 1 aromatic rings. The van der Waals surface area contributed by atoms with Gasteiger partial charge in [0.05, 0.1) is 17.6 Å². The van der Waals surface area contributed by atoms with E-state index in [0.717, 1.165) is 32.0 Å². The number of rotatable bonds is 6. The molecule has 0 amide bonds. The molecule has 1 saturated heterocycles. The van der Waals surface area contributed by atoms with Crippen molar-refractivity contribution in [2.75, 3.05) is 26.2 Å². The number of ether oxygens (including phenoxy) is 1. The molecular formula is C14H21FN2O3S. The number of nitrogens with one attached hydrogen (secondary N) is 2. The van der Waals surface area contributed by atoms with Crippen LogP contribution in [0.2, 0.25) is 0 Å². The van der Waals surface area contributed by atoms with Crippen LogP contribution in [-0.4, -0.2) is 40.8 Å². The van der Waals surface area contributed by atoms with Crippen molar-refractivity contribution in [3.05, 3.63) is 29.6 Å². The number of piperidine rings is 1. The molecule has 0 bridgehead atoms. The van der Waals surface area contributed by atoms with Gasteiger partial charge in [0.25, 0.3) is 0 Å². The zero-order valence-electron chi connectivity index (χ0n) is 12.1. The fraction of sp³-hybridized carbons (Fsp3) is 0.571. The highest BCUT2D eigenvalue weighted by Gasteiger charge is 2.16. The van der Waals surface area contributed by atoms with Gasteiger partial charge in [-0.2, -0.15) is 0 Å². The molecule has 0 unspecified atom stereocenters. The minimum atomic E-state index is -3.68. The molecule has 118 valence electrons. The first-order valence-corrected chi connectivity index (χ1v) is 8.55. The summed E-state index contributed by atoms with van der Waals surface area (Å²) in [5.74, 6) is -0.524. The summed E-state index contributed by atoms with van der Waals surface area (Å²) >= 11 is 0. The van der Waals surface area contributed by atoms with Crippen LogP contribution in [0, 0.1) is 12.7 Å². The Morgan fingerprint density at radius 2 is 2.10 bits per heavy atom. The summed E-state index contributed by atoms with van der Waals surface area (Å²) in [4.78, 5) is -0.0625. The Labute approximate surface area is 124 Å². The molecule has 0 aliphatic carbocycles. The van der Waals surface area contributed by atoms with Crippen molar-refractivity contribution in [1.29, 1.82) is 0 Å². The number of sulfonamides is 1. The number of hydrogen-bond acceptors (Lipinski definition) is 4. The molecule has 0 saturated carbocycles. The summed E-state index contributed by atoms with van der Waals surface area (Å²) < 4.78 is 45.5. The minimum absolute atomic E-state index is 0.0625. The topological polar surface area (TPSA) is 67.4 Å². The van der Waals surface area contributed by atoms with Gasteiger partial charge in [-0.15, -0.1) is 0 Å². The minimum Gasteiger partial charge on any atom is -0.377 e. The highest BCUT2D eigenvalue weighted by Crippen LogP contribution is 2.14. The lowest BCUT2D eigenvalue weighted by Gasteiger charge is -2.22. The van der Waals surface area contributed by atoms with Crippen molar-refractivity contribution in [1.82, 2.24) is 10.0 Å². The van der Waals surface area contributed by atoms with Gasteiger partial charge in [-0.3, -0.25) is 0 Å². The van der Waals surface area contributed by atoms with Gasteiger partial charge in [0.2, 0.25) is 10.0 Å². The average molecular weight is 316 g/mol. The molecule has 0 aromatic heterocycles. The van der Waals surface area contributed by atoms with Crippen molar-refractivity contribution >= 4 is 10.0 Å². The molecular weight excluding hydrogens is 295 g/mol. The lowest BCUT2D eigenvalue weighted by Crippen LogP contribution is -2.34. The van der Waals surface area contributed by atoms with Gasteiger partial charge in [-0.05, 0) is 50.6 Å². The van der Waals surface area contributed by atoms with E-state index in [-0.39, 0.29) is 17.5 Å². The third-order valence-electron chi connectivity index (χ3n) is 3.49. The molecule has 2 rings (SSSR count). The van der Waals surface area contributed by atoms with Gasteiger partial charge in [0.15, 0.2) is 0 Å². The fourth-order valence-corrected chi connectivity index (χ4v) is 3.21. The van der Waals surface area contributed by atoms with Gasteiger partial charge < -0.3 is 10.1 Å². The van der Waals surface area contributed by atoms with E-state index in [1.54, 1.807) is 6.92 Å². The zero-order valence-corrected chi connectivity index (χ0v) is 12.9. The van der Waals surface area contributed by atoms with Crippen molar-refractivity contribution in [2.24, 2.45) is 0 Å². The molecule has 0 spiro atoms. The van der Waals surface area contributed by atoms with Crippen LogP contribution in [0.1, 0.15) is 18.4 Å². The van der Waals surface area contributed by atoms with Crippen molar-refractivity contribution in [2.45, 2.75) is 30.8 Å². The predicted octanol–water partition coefficient (Wildman–Crippen LogP) is 1.18. The van der Waals surface area contributed by atoms with E-state index in [0.29, 0.717) is 12.2 Å². The van der Waals surface area contributed by atoms with E-state index in [2.05, 4.69) is 10.0 Å². The normalized spacial score (nSPS) is 17.0. The fourth-order valence-electron chi connectivity index (χ4n) is 2.19. The third kappa shape index (κ3) is 4.74. The van der Waals surface area contributed by atoms with Crippen LogP contribution >= 0.6 is 0 Å². The van der Waals surface area contributed by atoms with Crippen LogP contribution in [0.3, 0.4) is 0 Å². The second-order valence-electron chi connectivity index (χ2n) is 5.13. The van der Waals surface area contributed by atoms with Crippen LogP contribution in [0.15, 0.2) is 23.1 Å². The largest absolute Gasteiger partial charge is 0.377 e. The summed E-state index contributed by atoms with van der Waals surface area (Å²) in [7, 11) is -3.68. The second-order valence-corrected chi connectivity index (χ2v) is 6.90. The van der Waals surface area contributed by atoms with Gasteiger partial charge in [0.1, 0.15) is 5.82 Å². The standard InChI is InChI=1S/C14H21FN2O3S/c1-11-2-3-13(10-14(11)15)21(18,19)17-8-9-20-12-4-6-16-7-5-12/h2-3,10,12,16-17H,4-9H2,1H3. The Bertz CT molecular complexity index is 572. The number of halogens is 1. The summed E-state index contributed by atoms with van der Waals surface area (Å²) in [6.45, 7) is 3.95. The summed E-state index contributed by atoms with van der Waals surface area (Å²) in [5.41, 5.74) is 0.420. The Balaban J connectivity index is 1.82. The number of hydrogen-bond donors (Lipinski definition) is 2.